The predicted molar refractivity (Wildman–Crippen MR) is 99.6 cm³/mol. The third-order valence-electron chi connectivity index (χ3n) is 5.56. The van der Waals surface area contributed by atoms with Crippen LogP contribution in [0.2, 0.25) is 0 Å². The average Bonchev–Trinajstić information content (AvgIpc) is 2.76. The van der Waals surface area contributed by atoms with Crippen LogP contribution in [0.5, 0.6) is 0 Å². The first-order chi connectivity index (χ1) is 12.0. The van der Waals surface area contributed by atoms with Crippen molar-refractivity contribution >= 4 is 23.1 Å². The minimum absolute atomic E-state index is 0.0373. The summed E-state index contributed by atoms with van der Waals surface area (Å²) in [6.45, 7) is 11.3. The molecule has 5 nitrogen and oxygen atoms in total. The molecule has 148 valence electrons. The molecule has 0 spiro atoms. The number of carbonyl (C=O) groups excluding carboxylic acids is 4. The van der Waals surface area contributed by atoms with Gasteiger partial charge in [0.25, 0.3) is 0 Å². The fourth-order valence-corrected chi connectivity index (χ4v) is 3.48. The molecule has 0 amide bonds. The number of Topliss-reactive ketones (excluding diaryl/α,β-unsaturated/α-hetero) is 4. The van der Waals surface area contributed by atoms with Crippen molar-refractivity contribution in [2.45, 2.75) is 79.2 Å². The van der Waals surface area contributed by atoms with Crippen molar-refractivity contribution in [3.05, 3.63) is 0 Å². The molecular weight excluding hydrogens is 332 g/mol. The van der Waals surface area contributed by atoms with Crippen LogP contribution in [0.25, 0.3) is 0 Å². The van der Waals surface area contributed by atoms with Crippen molar-refractivity contribution in [3.63, 3.8) is 0 Å². The summed E-state index contributed by atoms with van der Waals surface area (Å²) in [4.78, 5) is 51.2. The zero-order valence-electron chi connectivity index (χ0n) is 17.0. The predicted octanol–water partition coefficient (Wildman–Crippen LogP) is 3.16. The molecule has 1 rings (SSSR count). The van der Waals surface area contributed by atoms with Crippen LogP contribution in [0.1, 0.15) is 73.6 Å². The van der Waals surface area contributed by atoms with E-state index in [9.17, 15) is 24.3 Å². The highest BCUT2D eigenvalue weighted by atomic mass is 16.3. The van der Waals surface area contributed by atoms with Crippen LogP contribution in [0.4, 0.5) is 0 Å². The normalized spacial score (nSPS) is 27.4. The molecule has 0 radical (unpaired) electrons. The summed E-state index contributed by atoms with van der Waals surface area (Å²) in [5.41, 5.74) is -2.34. The van der Waals surface area contributed by atoms with Gasteiger partial charge in [-0.1, -0.05) is 48.0 Å². The number of hydrogen-bond donors (Lipinski definition) is 1. The van der Waals surface area contributed by atoms with Crippen molar-refractivity contribution in [1.29, 1.82) is 0 Å². The van der Waals surface area contributed by atoms with Gasteiger partial charge in [-0.2, -0.15) is 0 Å². The summed E-state index contributed by atoms with van der Waals surface area (Å²) >= 11 is 0. The second-order valence-corrected chi connectivity index (χ2v) is 8.56. The maximum absolute atomic E-state index is 12.9. The van der Waals surface area contributed by atoms with Crippen LogP contribution in [-0.4, -0.2) is 33.8 Å². The molecule has 1 aliphatic rings. The average molecular weight is 366 g/mol. The molecule has 1 fully saturated rings. The van der Waals surface area contributed by atoms with Crippen molar-refractivity contribution in [2.75, 3.05) is 0 Å². The van der Waals surface area contributed by atoms with Gasteiger partial charge in [0.15, 0.2) is 28.7 Å². The quantitative estimate of drug-likeness (QED) is 0.600. The van der Waals surface area contributed by atoms with Crippen LogP contribution >= 0.6 is 0 Å². The lowest BCUT2D eigenvalue weighted by molar-refractivity contribution is -0.155. The minimum Gasteiger partial charge on any atom is -0.374 e. The Labute approximate surface area is 156 Å². The maximum atomic E-state index is 12.9. The molecule has 1 aliphatic carbocycles. The lowest BCUT2D eigenvalue weighted by Gasteiger charge is -2.26. The van der Waals surface area contributed by atoms with Crippen LogP contribution in [-0.2, 0) is 19.2 Å². The Morgan fingerprint density at radius 1 is 1.04 bits per heavy atom. The molecule has 0 aromatic rings. The second kappa shape index (κ2) is 9.03. The van der Waals surface area contributed by atoms with Gasteiger partial charge in [0.2, 0.25) is 0 Å². The Kier molecular flexibility index (Phi) is 7.87. The van der Waals surface area contributed by atoms with E-state index in [0.717, 1.165) is 0 Å². The molecule has 5 heteroatoms. The molecule has 0 aromatic carbocycles. The number of hydrogen-bond acceptors (Lipinski definition) is 5. The lowest BCUT2D eigenvalue weighted by atomic mass is 9.79. The van der Waals surface area contributed by atoms with E-state index in [1.165, 1.54) is 0 Å². The third kappa shape index (κ3) is 4.48. The highest BCUT2D eigenvalue weighted by Gasteiger charge is 2.64. The van der Waals surface area contributed by atoms with Gasteiger partial charge >= 0.3 is 0 Å². The smallest absolute Gasteiger partial charge is 0.192 e. The summed E-state index contributed by atoms with van der Waals surface area (Å²) in [6.07, 6.45) is 1.93. The van der Waals surface area contributed by atoms with Gasteiger partial charge in [-0.05, 0) is 31.1 Å². The summed E-state index contributed by atoms with van der Waals surface area (Å²) < 4.78 is 0. The highest BCUT2D eigenvalue weighted by molar-refractivity contribution is 6.33. The first-order valence-electron chi connectivity index (χ1n) is 9.85. The third-order valence-corrected chi connectivity index (χ3v) is 5.56. The summed E-state index contributed by atoms with van der Waals surface area (Å²) in [5.74, 6) is -5.09. The standard InChI is InChI=1S/C21H34O5/c1-7-14(6)18(23)17-19(24)15(10-8-12(2)3)21(26,20(17)25)16(22)11-9-13(4)5/h12-15,17,26H,7-11H2,1-6H3/t14?,15?,17?,21-/m1/s1. The van der Waals surface area contributed by atoms with E-state index < -0.39 is 46.5 Å². The van der Waals surface area contributed by atoms with Crippen LogP contribution in [0, 0.1) is 29.6 Å². The molecule has 0 aromatic heterocycles. The van der Waals surface area contributed by atoms with Crippen molar-refractivity contribution in [3.8, 4) is 0 Å². The van der Waals surface area contributed by atoms with E-state index in [0.29, 0.717) is 19.3 Å². The molecule has 4 atom stereocenters. The summed E-state index contributed by atoms with van der Waals surface area (Å²) in [6, 6.07) is 0. The first kappa shape index (κ1) is 22.7. The van der Waals surface area contributed by atoms with Gasteiger partial charge in [-0.25, -0.2) is 0 Å². The van der Waals surface area contributed by atoms with E-state index in [1.807, 2.05) is 34.6 Å². The van der Waals surface area contributed by atoms with Crippen LogP contribution in [0.3, 0.4) is 0 Å². The number of ketones is 4. The van der Waals surface area contributed by atoms with Gasteiger partial charge in [-0.3, -0.25) is 19.2 Å². The Hall–Kier alpha value is -1.36. The van der Waals surface area contributed by atoms with E-state index in [2.05, 4.69) is 0 Å². The molecular formula is C21H34O5. The molecule has 3 unspecified atom stereocenters. The van der Waals surface area contributed by atoms with E-state index >= 15 is 0 Å². The van der Waals surface area contributed by atoms with Crippen LogP contribution in [0.15, 0.2) is 0 Å². The summed E-state index contributed by atoms with van der Waals surface area (Å²) in [5, 5.41) is 11.1. The Morgan fingerprint density at radius 3 is 2.04 bits per heavy atom. The molecule has 26 heavy (non-hydrogen) atoms. The highest BCUT2D eigenvalue weighted by Crippen LogP contribution is 2.40. The zero-order valence-corrected chi connectivity index (χ0v) is 17.0. The van der Waals surface area contributed by atoms with Gasteiger partial charge in [-0.15, -0.1) is 0 Å². The number of rotatable bonds is 10. The molecule has 0 heterocycles. The molecule has 1 saturated carbocycles. The van der Waals surface area contributed by atoms with E-state index in [1.54, 1.807) is 6.92 Å². The Balaban J connectivity index is 3.24. The second-order valence-electron chi connectivity index (χ2n) is 8.56. The van der Waals surface area contributed by atoms with E-state index in [4.69, 9.17) is 0 Å². The van der Waals surface area contributed by atoms with Crippen molar-refractivity contribution in [1.82, 2.24) is 0 Å². The monoisotopic (exact) mass is 366 g/mol. The molecule has 0 bridgehead atoms. The molecule has 1 N–H and O–H groups in total. The first-order valence-corrected chi connectivity index (χ1v) is 9.85. The fraction of sp³-hybridized carbons (Fsp3) is 0.810. The Morgan fingerprint density at radius 2 is 1.58 bits per heavy atom. The van der Waals surface area contributed by atoms with Gasteiger partial charge in [0.1, 0.15) is 5.92 Å². The Bertz CT molecular complexity index is 563. The lowest BCUT2D eigenvalue weighted by Crippen LogP contribution is -2.50. The summed E-state index contributed by atoms with van der Waals surface area (Å²) in [7, 11) is 0. The maximum Gasteiger partial charge on any atom is 0.192 e. The van der Waals surface area contributed by atoms with Gasteiger partial charge in [0, 0.05) is 12.3 Å². The van der Waals surface area contributed by atoms with Crippen LogP contribution < -0.4 is 0 Å². The minimum atomic E-state index is -2.34. The number of aliphatic hydroxyl groups is 1. The SMILES string of the molecule is CCC(C)C(=O)C1C(=O)C(CCC(C)C)[C@@](O)(C(=O)CCC(C)C)C1=O. The largest absolute Gasteiger partial charge is 0.374 e. The topological polar surface area (TPSA) is 88.5 Å². The zero-order chi connectivity index (χ0) is 20.2. The van der Waals surface area contributed by atoms with Gasteiger partial charge < -0.3 is 5.11 Å². The van der Waals surface area contributed by atoms with E-state index in [-0.39, 0.29) is 24.7 Å². The number of carbonyl (C=O) groups is 4. The molecule has 0 aliphatic heterocycles. The van der Waals surface area contributed by atoms with Crippen molar-refractivity contribution < 1.29 is 24.3 Å². The van der Waals surface area contributed by atoms with Gasteiger partial charge in [0.05, 0.1) is 5.92 Å². The van der Waals surface area contributed by atoms with Crippen molar-refractivity contribution in [2.24, 2.45) is 29.6 Å². The molecule has 0 saturated heterocycles. The fourth-order valence-electron chi connectivity index (χ4n) is 3.48.